The van der Waals surface area contributed by atoms with Gasteiger partial charge in [-0.25, -0.2) is 4.98 Å². The summed E-state index contributed by atoms with van der Waals surface area (Å²) in [4.78, 5) is 27.8. The number of aromatic nitrogens is 1. The second kappa shape index (κ2) is 9.36. The lowest BCUT2D eigenvalue weighted by molar-refractivity contribution is -0.125. The standard InChI is InChI=1S/C16H20N4O2S.ClH/c1-10(2)14(17)15(22)19-9-13(21)20-12-5-3-11(4-6-12)16-18-7-8-23-16;/h3-8,10,14H,9,17H2,1-2H3,(H,19,22)(H,20,21);1H/t14-;/m0./s1. The molecule has 0 unspecified atom stereocenters. The number of carbonyl (C=O) groups excluding carboxylic acids is 2. The highest BCUT2D eigenvalue weighted by molar-refractivity contribution is 7.13. The van der Waals surface area contributed by atoms with E-state index in [1.54, 1.807) is 29.7 Å². The van der Waals surface area contributed by atoms with Gasteiger partial charge >= 0.3 is 0 Å². The summed E-state index contributed by atoms with van der Waals surface area (Å²) < 4.78 is 0. The summed E-state index contributed by atoms with van der Waals surface area (Å²) in [5.41, 5.74) is 7.37. The van der Waals surface area contributed by atoms with Crippen LogP contribution in [0.4, 0.5) is 5.69 Å². The van der Waals surface area contributed by atoms with Crippen molar-refractivity contribution >= 4 is 41.2 Å². The van der Waals surface area contributed by atoms with E-state index in [1.807, 2.05) is 31.4 Å². The van der Waals surface area contributed by atoms with Gasteiger partial charge in [-0.1, -0.05) is 13.8 Å². The molecule has 0 aliphatic rings. The van der Waals surface area contributed by atoms with Gasteiger partial charge in [-0.3, -0.25) is 9.59 Å². The van der Waals surface area contributed by atoms with Gasteiger partial charge in [-0.2, -0.15) is 0 Å². The largest absolute Gasteiger partial charge is 0.346 e. The Kier molecular flexibility index (Phi) is 7.84. The summed E-state index contributed by atoms with van der Waals surface area (Å²) in [5.74, 6) is -0.595. The van der Waals surface area contributed by atoms with E-state index in [0.717, 1.165) is 10.6 Å². The van der Waals surface area contributed by atoms with E-state index >= 15 is 0 Å². The first kappa shape index (κ1) is 20.1. The number of nitrogens with one attached hydrogen (secondary N) is 2. The fourth-order valence-electron chi connectivity index (χ4n) is 1.86. The third-order valence-electron chi connectivity index (χ3n) is 3.29. The number of halogens is 1. The van der Waals surface area contributed by atoms with Gasteiger partial charge in [0.05, 0.1) is 12.6 Å². The zero-order valence-corrected chi connectivity index (χ0v) is 15.1. The van der Waals surface area contributed by atoms with Crippen LogP contribution < -0.4 is 16.4 Å². The van der Waals surface area contributed by atoms with Crippen molar-refractivity contribution in [2.75, 3.05) is 11.9 Å². The highest BCUT2D eigenvalue weighted by Crippen LogP contribution is 2.23. The Hall–Kier alpha value is -1.96. The minimum absolute atomic E-state index is 0. The molecule has 2 amide bonds. The number of nitrogens with zero attached hydrogens (tertiary/aromatic N) is 1. The Labute approximate surface area is 151 Å². The van der Waals surface area contributed by atoms with Crippen molar-refractivity contribution in [2.24, 2.45) is 11.7 Å². The van der Waals surface area contributed by atoms with Gasteiger partial charge < -0.3 is 16.4 Å². The number of amides is 2. The molecule has 2 rings (SSSR count). The molecule has 0 fully saturated rings. The van der Waals surface area contributed by atoms with Crippen LogP contribution in [0.2, 0.25) is 0 Å². The zero-order chi connectivity index (χ0) is 16.8. The van der Waals surface area contributed by atoms with Crippen LogP contribution in [0, 0.1) is 5.92 Å². The van der Waals surface area contributed by atoms with E-state index in [4.69, 9.17) is 5.73 Å². The van der Waals surface area contributed by atoms with Gasteiger partial charge in [-0.05, 0) is 30.2 Å². The number of anilines is 1. The fraction of sp³-hybridized carbons (Fsp3) is 0.312. The van der Waals surface area contributed by atoms with Crippen LogP contribution in [0.5, 0.6) is 0 Å². The molecule has 2 aromatic rings. The summed E-state index contributed by atoms with van der Waals surface area (Å²) in [5, 5.41) is 8.10. The third kappa shape index (κ3) is 5.59. The molecule has 4 N–H and O–H groups in total. The van der Waals surface area contributed by atoms with Crippen molar-refractivity contribution in [1.82, 2.24) is 10.3 Å². The van der Waals surface area contributed by atoms with Crippen molar-refractivity contribution in [1.29, 1.82) is 0 Å². The maximum Gasteiger partial charge on any atom is 0.243 e. The van der Waals surface area contributed by atoms with Gasteiger partial charge in [0, 0.05) is 22.8 Å². The molecule has 0 aliphatic heterocycles. The van der Waals surface area contributed by atoms with Gasteiger partial charge in [-0.15, -0.1) is 23.7 Å². The Morgan fingerprint density at radius 2 is 1.92 bits per heavy atom. The van der Waals surface area contributed by atoms with Crippen molar-refractivity contribution in [3.05, 3.63) is 35.8 Å². The number of benzene rings is 1. The topological polar surface area (TPSA) is 97.1 Å². The fourth-order valence-corrected chi connectivity index (χ4v) is 2.50. The van der Waals surface area contributed by atoms with Crippen LogP contribution in [0.3, 0.4) is 0 Å². The summed E-state index contributed by atoms with van der Waals surface area (Å²) in [6.07, 6.45) is 1.75. The summed E-state index contributed by atoms with van der Waals surface area (Å²) in [7, 11) is 0. The molecule has 0 radical (unpaired) electrons. The van der Waals surface area contributed by atoms with Crippen LogP contribution >= 0.6 is 23.7 Å². The minimum Gasteiger partial charge on any atom is -0.346 e. The van der Waals surface area contributed by atoms with E-state index in [9.17, 15) is 9.59 Å². The van der Waals surface area contributed by atoms with Crippen LogP contribution in [0.1, 0.15) is 13.8 Å². The van der Waals surface area contributed by atoms with Crippen LogP contribution in [-0.4, -0.2) is 29.4 Å². The second-order valence-corrected chi connectivity index (χ2v) is 6.34. The lowest BCUT2D eigenvalue weighted by Crippen LogP contribution is -2.46. The molecule has 24 heavy (non-hydrogen) atoms. The third-order valence-corrected chi connectivity index (χ3v) is 4.11. The van der Waals surface area contributed by atoms with Crippen LogP contribution in [0.25, 0.3) is 10.6 Å². The first-order valence-electron chi connectivity index (χ1n) is 7.30. The molecule has 8 heteroatoms. The highest BCUT2D eigenvalue weighted by Gasteiger charge is 2.17. The van der Waals surface area contributed by atoms with Gasteiger partial charge in [0.15, 0.2) is 0 Å². The molecular weight excluding hydrogens is 348 g/mol. The maximum atomic E-state index is 11.8. The minimum atomic E-state index is -0.611. The average molecular weight is 369 g/mol. The van der Waals surface area contributed by atoms with E-state index in [2.05, 4.69) is 15.6 Å². The molecule has 0 saturated carbocycles. The molecule has 1 heterocycles. The molecule has 0 aliphatic carbocycles. The highest BCUT2D eigenvalue weighted by atomic mass is 35.5. The molecule has 0 bridgehead atoms. The first-order valence-corrected chi connectivity index (χ1v) is 8.18. The van der Waals surface area contributed by atoms with Gasteiger partial charge in [0.2, 0.25) is 11.8 Å². The smallest absolute Gasteiger partial charge is 0.243 e. The number of hydrogen-bond acceptors (Lipinski definition) is 5. The number of thiazole rings is 1. The second-order valence-electron chi connectivity index (χ2n) is 5.45. The normalized spacial score (nSPS) is 11.5. The predicted octanol–water partition coefficient (Wildman–Crippen LogP) is 2.27. The lowest BCUT2D eigenvalue weighted by Gasteiger charge is -2.15. The van der Waals surface area contributed by atoms with Crippen molar-refractivity contribution in [3.63, 3.8) is 0 Å². The number of nitrogens with two attached hydrogens (primary N) is 1. The van der Waals surface area contributed by atoms with E-state index < -0.39 is 6.04 Å². The quantitative estimate of drug-likeness (QED) is 0.728. The maximum absolute atomic E-state index is 11.8. The summed E-state index contributed by atoms with van der Waals surface area (Å²) in [6, 6.07) is 6.77. The van der Waals surface area contributed by atoms with E-state index in [-0.39, 0.29) is 36.7 Å². The summed E-state index contributed by atoms with van der Waals surface area (Å²) >= 11 is 1.55. The van der Waals surface area contributed by atoms with Crippen LogP contribution in [0.15, 0.2) is 35.8 Å². The molecule has 1 aromatic heterocycles. The molecule has 0 spiro atoms. The van der Waals surface area contributed by atoms with E-state index in [1.165, 1.54) is 0 Å². The Bertz CT molecular complexity index is 659. The Morgan fingerprint density at radius 3 is 2.46 bits per heavy atom. The van der Waals surface area contributed by atoms with Crippen molar-refractivity contribution in [3.8, 4) is 10.6 Å². The SMILES string of the molecule is CC(C)[C@H](N)C(=O)NCC(=O)Nc1ccc(-c2nccs2)cc1.Cl. The number of carbonyl (C=O) groups is 2. The monoisotopic (exact) mass is 368 g/mol. The van der Waals surface area contributed by atoms with Crippen molar-refractivity contribution in [2.45, 2.75) is 19.9 Å². The number of hydrogen-bond donors (Lipinski definition) is 3. The average Bonchev–Trinajstić information content (AvgIpc) is 3.07. The van der Waals surface area contributed by atoms with Crippen LogP contribution in [-0.2, 0) is 9.59 Å². The van der Waals surface area contributed by atoms with Crippen molar-refractivity contribution < 1.29 is 9.59 Å². The number of rotatable bonds is 6. The molecule has 6 nitrogen and oxygen atoms in total. The Morgan fingerprint density at radius 1 is 1.25 bits per heavy atom. The summed E-state index contributed by atoms with van der Waals surface area (Å²) in [6.45, 7) is 3.61. The van der Waals surface area contributed by atoms with Gasteiger partial charge in [0.1, 0.15) is 5.01 Å². The molecule has 1 atom stereocenters. The van der Waals surface area contributed by atoms with Gasteiger partial charge in [0.25, 0.3) is 0 Å². The molecular formula is C16H21ClN4O2S. The first-order chi connectivity index (χ1) is 11.0. The predicted molar refractivity (Wildman–Crippen MR) is 99.3 cm³/mol. The Balaban J connectivity index is 0.00000288. The molecule has 130 valence electrons. The van der Waals surface area contributed by atoms with E-state index in [0.29, 0.717) is 5.69 Å². The molecule has 1 aromatic carbocycles. The molecule has 0 saturated heterocycles. The zero-order valence-electron chi connectivity index (χ0n) is 13.5. The lowest BCUT2D eigenvalue weighted by atomic mass is 10.1.